The van der Waals surface area contributed by atoms with Crippen LogP contribution >= 0.6 is 0 Å². The molecule has 0 bridgehead atoms. The minimum atomic E-state index is -0.354. The number of rotatable bonds is 7. The van der Waals surface area contributed by atoms with Gasteiger partial charge < -0.3 is 9.73 Å². The third kappa shape index (κ3) is 5.08. The molecule has 4 nitrogen and oxygen atoms in total. The van der Waals surface area contributed by atoms with Gasteiger partial charge in [-0.1, -0.05) is 24.3 Å². The summed E-state index contributed by atoms with van der Waals surface area (Å²) in [6, 6.07) is 17.8. The minimum Gasteiger partial charge on any atom is -0.455 e. The first kappa shape index (κ1) is 19.8. The van der Waals surface area contributed by atoms with Gasteiger partial charge in [-0.25, -0.2) is 4.39 Å². The summed E-state index contributed by atoms with van der Waals surface area (Å²) in [5, 5.41) is 2.71. The maximum Gasteiger partial charge on any atom is 0.291 e. The van der Waals surface area contributed by atoms with Crippen LogP contribution in [-0.2, 0) is 13.1 Å². The maximum atomic E-state index is 13.0. The summed E-state index contributed by atoms with van der Waals surface area (Å²) in [5.41, 5.74) is 3.05. The fourth-order valence-corrected chi connectivity index (χ4v) is 2.94. The van der Waals surface area contributed by atoms with E-state index in [2.05, 4.69) is 43.1 Å². The van der Waals surface area contributed by atoms with Gasteiger partial charge in [-0.05, 0) is 68.3 Å². The molecule has 0 aliphatic carbocycles. The second-order valence-electron chi connectivity index (χ2n) is 7.15. The lowest BCUT2D eigenvalue weighted by Gasteiger charge is -2.26. The van der Waals surface area contributed by atoms with Crippen LogP contribution in [0.3, 0.4) is 0 Å². The van der Waals surface area contributed by atoms with Crippen molar-refractivity contribution < 1.29 is 13.6 Å². The molecule has 5 heteroatoms. The highest BCUT2D eigenvalue weighted by Crippen LogP contribution is 2.18. The van der Waals surface area contributed by atoms with E-state index in [1.165, 1.54) is 35.4 Å². The number of hydrogen-bond donors (Lipinski definition) is 1. The highest BCUT2D eigenvalue weighted by Gasteiger charge is 2.16. The predicted molar refractivity (Wildman–Crippen MR) is 109 cm³/mol. The molecular formula is C23H25FN2O2. The van der Waals surface area contributed by atoms with Crippen molar-refractivity contribution in [2.45, 2.75) is 39.9 Å². The van der Waals surface area contributed by atoms with Crippen molar-refractivity contribution in [1.82, 2.24) is 4.90 Å². The lowest BCUT2D eigenvalue weighted by atomic mass is 10.1. The number of carbonyl (C=O) groups is 1. The van der Waals surface area contributed by atoms with E-state index in [1.54, 1.807) is 6.07 Å². The molecule has 3 rings (SSSR count). The zero-order chi connectivity index (χ0) is 20.1. The van der Waals surface area contributed by atoms with Gasteiger partial charge in [0.25, 0.3) is 5.91 Å². The van der Waals surface area contributed by atoms with Crippen molar-refractivity contribution in [3.05, 3.63) is 89.1 Å². The number of amides is 1. The fraction of sp³-hybridized carbons (Fsp3) is 0.261. The van der Waals surface area contributed by atoms with E-state index in [0.29, 0.717) is 18.3 Å². The number of hydrogen-bond acceptors (Lipinski definition) is 3. The fourth-order valence-electron chi connectivity index (χ4n) is 2.94. The third-order valence-corrected chi connectivity index (χ3v) is 4.71. The van der Waals surface area contributed by atoms with E-state index in [9.17, 15) is 9.18 Å². The van der Waals surface area contributed by atoms with E-state index in [4.69, 9.17) is 4.42 Å². The number of carbonyl (C=O) groups excluding carboxylic acids is 1. The first-order valence-electron chi connectivity index (χ1n) is 9.36. The molecule has 0 saturated heterocycles. The quantitative estimate of drug-likeness (QED) is 0.598. The van der Waals surface area contributed by atoms with Gasteiger partial charge in [0.1, 0.15) is 11.6 Å². The molecule has 0 atom stereocenters. The van der Waals surface area contributed by atoms with Gasteiger partial charge in [0.05, 0.1) is 6.54 Å². The van der Waals surface area contributed by atoms with Crippen molar-refractivity contribution in [1.29, 1.82) is 0 Å². The van der Waals surface area contributed by atoms with Crippen LogP contribution in [0.15, 0.2) is 65.1 Å². The van der Waals surface area contributed by atoms with Crippen LogP contribution in [0.25, 0.3) is 0 Å². The number of nitrogens with zero attached hydrogens (tertiary/aromatic N) is 1. The molecule has 1 heterocycles. The van der Waals surface area contributed by atoms with Crippen LogP contribution in [0.1, 0.15) is 41.3 Å². The van der Waals surface area contributed by atoms with E-state index < -0.39 is 0 Å². The number of benzene rings is 2. The van der Waals surface area contributed by atoms with Crippen LogP contribution in [-0.4, -0.2) is 16.8 Å². The molecule has 1 aromatic heterocycles. The van der Waals surface area contributed by atoms with Gasteiger partial charge in [-0.2, -0.15) is 0 Å². The largest absolute Gasteiger partial charge is 0.455 e. The highest BCUT2D eigenvalue weighted by molar-refractivity contribution is 6.02. The smallest absolute Gasteiger partial charge is 0.291 e. The monoisotopic (exact) mass is 380 g/mol. The summed E-state index contributed by atoms with van der Waals surface area (Å²) in [6.45, 7) is 7.81. The zero-order valence-electron chi connectivity index (χ0n) is 16.4. The molecule has 0 radical (unpaired) electrons. The Balaban J connectivity index is 1.67. The summed E-state index contributed by atoms with van der Waals surface area (Å²) < 4.78 is 18.7. The third-order valence-electron chi connectivity index (χ3n) is 4.71. The summed E-state index contributed by atoms with van der Waals surface area (Å²) in [4.78, 5) is 14.6. The van der Waals surface area contributed by atoms with Gasteiger partial charge in [0.2, 0.25) is 0 Å². The van der Waals surface area contributed by atoms with Crippen LogP contribution in [0.5, 0.6) is 0 Å². The number of halogens is 1. The second kappa shape index (κ2) is 8.85. The standard InChI is InChI=1S/C23H25FN2O2/c1-16(2)26(14-18-7-5-4-6-17(18)3)15-21-12-13-22(28-21)23(27)25-20-10-8-19(24)9-11-20/h4-13,16H,14-15H2,1-3H3,(H,25,27). The van der Waals surface area contributed by atoms with Gasteiger partial charge in [-0.15, -0.1) is 0 Å². The molecule has 2 aromatic carbocycles. The SMILES string of the molecule is Cc1ccccc1CN(Cc1ccc(C(=O)Nc2ccc(F)cc2)o1)C(C)C. The summed E-state index contributed by atoms with van der Waals surface area (Å²) >= 11 is 0. The Morgan fingerprint density at radius 2 is 1.75 bits per heavy atom. The van der Waals surface area contributed by atoms with E-state index in [1.807, 2.05) is 18.2 Å². The second-order valence-corrected chi connectivity index (χ2v) is 7.15. The number of aryl methyl sites for hydroxylation is 1. The Bertz CT molecular complexity index is 932. The van der Waals surface area contributed by atoms with Gasteiger partial charge in [-0.3, -0.25) is 9.69 Å². The first-order chi connectivity index (χ1) is 13.4. The normalized spacial score (nSPS) is 11.2. The summed E-state index contributed by atoms with van der Waals surface area (Å²) in [6.07, 6.45) is 0. The Morgan fingerprint density at radius 1 is 1.04 bits per heavy atom. The average Bonchev–Trinajstić information content (AvgIpc) is 3.13. The van der Waals surface area contributed by atoms with E-state index in [0.717, 1.165) is 12.3 Å². The number of anilines is 1. The molecule has 0 aliphatic heterocycles. The molecule has 0 spiro atoms. The van der Waals surface area contributed by atoms with Crippen molar-refractivity contribution in [3.63, 3.8) is 0 Å². The zero-order valence-corrected chi connectivity index (χ0v) is 16.4. The van der Waals surface area contributed by atoms with Gasteiger partial charge in [0, 0.05) is 18.3 Å². The van der Waals surface area contributed by atoms with Crippen molar-refractivity contribution in [2.24, 2.45) is 0 Å². The van der Waals surface area contributed by atoms with Crippen LogP contribution < -0.4 is 5.32 Å². The Hall–Kier alpha value is -2.92. The molecule has 1 N–H and O–H groups in total. The molecular weight excluding hydrogens is 355 g/mol. The van der Waals surface area contributed by atoms with Crippen molar-refractivity contribution >= 4 is 11.6 Å². The van der Waals surface area contributed by atoms with Crippen LogP contribution in [0, 0.1) is 12.7 Å². The molecule has 0 unspecified atom stereocenters. The molecule has 0 saturated carbocycles. The number of nitrogens with one attached hydrogen (secondary N) is 1. The van der Waals surface area contributed by atoms with Crippen LogP contribution in [0.2, 0.25) is 0 Å². The minimum absolute atomic E-state index is 0.235. The van der Waals surface area contributed by atoms with Gasteiger partial charge in [0.15, 0.2) is 5.76 Å². The molecule has 146 valence electrons. The summed E-state index contributed by atoms with van der Waals surface area (Å²) in [5.74, 6) is 0.263. The Kier molecular flexibility index (Phi) is 6.26. The topological polar surface area (TPSA) is 45.5 Å². The maximum absolute atomic E-state index is 13.0. The molecule has 0 fully saturated rings. The van der Waals surface area contributed by atoms with E-state index >= 15 is 0 Å². The molecule has 0 aliphatic rings. The van der Waals surface area contributed by atoms with Crippen molar-refractivity contribution in [3.8, 4) is 0 Å². The lowest BCUT2D eigenvalue weighted by molar-refractivity contribution is 0.0991. The van der Waals surface area contributed by atoms with Crippen molar-refractivity contribution in [2.75, 3.05) is 5.32 Å². The molecule has 3 aromatic rings. The lowest BCUT2D eigenvalue weighted by Crippen LogP contribution is -2.30. The number of furan rings is 1. The van der Waals surface area contributed by atoms with E-state index in [-0.39, 0.29) is 17.5 Å². The first-order valence-corrected chi connectivity index (χ1v) is 9.36. The highest BCUT2D eigenvalue weighted by atomic mass is 19.1. The predicted octanol–water partition coefficient (Wildman–Crippen LogP) is 5.39. The average molecular weight is 380 g/mol. The molecule has 1 amide bonds. The van der Waals surface area contributed by atoms with Gasteiger partial charge >= 0.3 is 0 Å². The summed E-state index contributed by atoms with van der Waals surface area (Å²) in [7, 11) is 0. The van der Waals surface area contributed by atoms with Crippen LogP contribution in [0.4, 0.5) is 10.1 Å². The Morgan fingerprint density at radius 3 is 2.43 bits per heavy atom. The molecule has 28 heavy (non-hydrogen) atoms. The Labute approximate surface area is 165 Å².